The Balaban J connectivity index is 1.43. The highest BCUT2D eigenvalue weighted by atomic mass is 32.1. The topological polar surface area (TPSA) is 72.3 Å². The molecule has 5 nitrogen and oxygen atoms in total. The molecular formula is C29H27FN2O3S. The van der Waals surface area contributed by atoms with Gasteiger partial charge >= 0.3 is 5.97 Å². The Morgan fingerprint density at radius 1 is 1.17 bits per heavy atom. The molecule has 1 saturated carbocycles. The van der Waals surface area contributed by atoms with E-state index in [0.29, 0.717) is 34.3 Å². The van der Waals surface area contributed by atoms with Crippen molar-refractivity contribution in [3.05, 3.63) is 88.3 Å². The Kier molecular flexibility index (Phi) is 6.83. The third-order valence-electron chi connectivity index (χ3n) is 6.54. The van der Waals surface area contributed by atoms with Crippen molar-refractivity contribution in [2.75, 3.05) is 0 Å². The van der Waals surface area contributed by atoms with Crippen LogP contribution >= 0.6 is 11.3 Å². The summed E-state index contributed by atoms with van der Waals surface area (Å²) in [6, 6.07) is 14.7. The first-order valence-electron chi connectivity index (χ1n) is 12.0. The highest BCUT2D eigenvalue weighted by Gasteiger charge is 2.33. The number of halogens is 1. The van der Waals surface area contributed by atoms with Crippen LogP contribution in [0.5, 0.6) is 5.75 Å². The highest BCUT2D eigenvalue weighted by Crippen LogP contribution is 2.45. The monoisotopic (exact) mass is 502 g/mol. The van der Waals surface area contributed by atoms with Gasteiger partial charge in [0.15, 0.2) is 0 Å². The molecule has 2 aromatic heterocycles. The van der Waals surface area contributed by atoms with Crippen LogP contribution in [0, 0.1) is 25.6 Å². The fourth-order valence-electron chi connectivity index (χ4n) is 4.52. The number of carboxylic acids is 1. The fraction of sp³-hybridized carbons (Fsp3) is 0.276. The maximum absolute atomic E-state index is 14.8. The van der Waals surface area contributed by atoms with Crippen molar-refractivity contribution < 1.29 is 19.0 Å². The minimum atomic E-state index is -0.782. The molecule has 5 rings (SSSR count). The van der Waals surface area contributed by atoms with Crippen LogP contribution in [0.4, 0.5) is 4.39 Å². The Morgan fingerprint density at radius 2 is 2.00 bits per heavy atom. The lowest BCUT2D eigenvalue weighted by molar-refractivity contribution is -0.137. The molecule has 4 aromatic rings. The van der Waals surface area contributed by atoms with Crippen molar-refractivity contribution in [2.24, 2.45) is 5.92 Å². The number of aliphatic carboxylic acids is 1. The molecule has 0 aliphatic heterocycles. The molecule has 0 bridgehead atoms. The highest BCUT2D eigenvalue weighted by molar-refractivity contribution is 7.13. The van der Waals surface area contributed by atoms with Crippen molar-refractivity contribution in [3.63, 3.8) is 0 Å². The van der Waals surface area contributed by atoms with Gasteiger partial charge in [-0.1, -0.05) is 23.8 Å². The number of aryl methyl sites for hydroxylation is 2. The molecule has 1 aliphatic rings. The molecular weight excluding hydrogens is 475 g/mol. The third kappa shape index (κ3) is 5.31. The van der Waals surface area contributed by atoms with E-state index in [-0.39, 0.29) is 24.8 Å². The Hall–Kier alpha value is -3.58. The summed E-state index contributed by atoms with van der Waals surface area (Å²) >= 11 is 1.55. The van der Waals surface area contributed by atoms with Crippen LogP contribution in [0.15, 0.2) is 60.1 Å². The molecule has 7 heteroatoms. The van der Waals surface area contributed by atoms with Gasteiger partial charge in [-0.3, -0.25) is 9.78 Å². The van der Waals surface area contributed by atoms with Crippen LogP contribution in [0.25, 0.3) is 21.8 Å². The predicted molar refractivity (Wildman–Crippen MR) is 139 cm³/mol. The Bertz CT molecular complexity index is 1410. The maximum atomic E-state index is 14.8. The average Bonchev–Trinajstić information content (AvgIpc) is 3.62. The van der Waals surface area contributed by atoms with E-state index >= 15 is 0 Å². The lowest BCUT2D eigenvalue weighted by Gasteiger charge is -2.16. The van der Waals surface area contributed by atoms with Gasteiger partial charge in [-0.15, -0.1) is 11.3 Å². The number of nitrogens with zero attached hydrogens (tertiary/aromatic N) is 2. The standard InChI is InChI=1S/C29H27FN2O3S/c1-17-6-9-25(30)24(12-17)27-28(29-18(2)10-11-36-29)32-21(15-31-27)16-35-22-5-3-4-20(13-22)23(14-26(33)34)19-7-8-19/h3-6,9-13,15,19,23H,7-8,14,16H2,1-2H3,(H,33,34)/t23-/m0/s1. The first-order chi connectivity index (χ1) is 17.4. The second-order valence-electron chi connectivity index (χ2n) is 9.38. The molecule has 2 aromatic carbocycles. The molecule has 0 spiro atoms. The van der Waals surface area contributed by atoms with Crippen molar-refractivity contribution >= 4 is 17.3 Å². The number of carbonyl (C=O) groups is 1. The zero-order valence-corrected chi connectivity index (χ0v) is 21.0. The van der Waals surface area contributed by atoms with Crippen LogP contribution in [0.1, 0.15) is 47.6 Å². The van der Waals surface area contributed by atoms with Gasteiger partial charge in [0.25, 0.3) is 0 Å². The molecule has 2 heterocycles. The Labute approximate surface area is 213 Å². The van der Waals surface area contributed by atoms with Gasteiger partial charge in [0.05, 0.1) is 23.2 Å². The SMILES string of the molecule is Cc1ccc(F)c(-c2ncc(COc3cccc([C@@H](CC(=O)O)C4CC4)c3)nc2-c2sccc2C)c1. The first kappa shape index (κ1) is 24.1. The van der Waals surface area contributed by atoms with E-state index in [2.05, 4.69) is 4.98 Å². The van der Waals surface area contributed by atoms with Gasteiger partial charge in [-0.2, -0.15) is 0 Å². The molecule has 36 heavy (non-hydrogen) atoms. The number of ether oxygens (including phenoxy) is 1. The molecule has 1 atom stereocenters. The minimum Gasteiger partial charge on any atom is -0.487 e. The van der Waals surface area contributed by atoms with E-state index in [9.17, 15) is 14.3 Å². The molecule has 0 amide bonds. The minimum absolute atomic E-state index is 0.00255. The number of hydrogen-bond donors (Lipinski definition) is 1. The summed E-state index contributed by atoms with van der Waals surface area (Å²) in [6.45, 7) is 4.12. The summed E-state index contributed by atoms with van der Waals surface area (Å²) in [4.78, 5) is 21.8. The number of benzene rings is 2. The smallest absolute Gasteiger partial charge is 0.303 e. The van der Waals surface area contributed by atoms with E-state index in [1.54, 1.807) is 29.7 Å². The largest absolute Gasteiger partial charge is 0.487 e. The summed E-state index contributed by atoms with van der Waals surface area (Å²) in [6.07, 6.45) is 3.89. The second kappa shape index (κ2) is 10.2. The van der Waals surface area contributed by atoms with Crippen molar-refractivity contribution in [3.8, 4) is 27.6 Å². The second-order valence-corrected chi connectivity index (χ2v) is 10.3. The zero-order valence-electron chi connectivity index (χ0n) is 20.2. The zero-order chi connectivity index (χ0) is 25.2. The molecule has 1 N–H and O–H groups in total. The van der Waals surface area contributed by atoms with Gasteiger partial charge in [0, 0.05) is 5.56 Å². The van der Waals surface area contributed by atoms with E-state index in [1.165, 1.54) is 6.07 Å². The van der Waals surface area contributed by atoms with Crippen molar-refractivity contribution in [2.45, 2.75) is 45.6 Å². The van der Waals surface area contributed by atoms with Gasteiger partial charge < -0.3 is 9.84 Å². The summed E-state index contributed by atoms with van der Waals surface area (Å²) in [5.74, 6) is -0.0306. The molecule has 0 unspecified atom stereocenters. The maximum Gasteiger partial charge on any atom is 0.303 e. The van der Waals surface area contributed by atoms with Crippen LogP contribution in [0.2, 0.25) is 0 Å². The van der Waals surface area contributed by atoms with Crippen LogP contribution in [0.3, 0.4) is 0 Å². The summed E-state index contributed by atoms with van der Waals surface area (Å²) in [5.41, 5.74) is 5.19. The van der Waals surface area contributed by atoms with Crippen molar-refractivity contribution in [1.29, 1.82) is 0 Å². The average molecular weight is 503 g/mol. The van der Waals surface area contributed by atoms with Gasteiger partial charge in [-0.25, -0.2) is 9.37 Å². The number of thiophene rings is 1. The van der Waals surface area contributed by atoms with E-state index in [0.717, 1.165) is 34.4 Å². The predicted octanol–water partition coefficient (Wildman–Crippen LogP) is 7.18. The molecule has 1 fully saturated rings. The Morgan fingerprint density at radius 3 is 2.72 bits per heavy atom. The van der Waals surface area contributed by atoms with Gasteiger partial charge in [0.1, 0.15) is 29.6 Å². The van der Waals surface area contributed by atoms with Crippen LogP contribution in [-0.4, -0.2) is 21.0 Å². The van der Waals surface area contributed by atoms with Crippen molar-refractivity contribution in [1.82, 2.24) is 9.97 Å². The van der Waals surface area contributed by atoms with Gasteiger partial charge in [0.2, 0.25) is 0 Å². The van der Waals surface area contributed by atoms with Crippen LogP contribution in [-0.2, 0) is 11.4 Å². The van der Waals surface area contributed by atoms with E-state index < -0.39 is 5.97 Å². The molecule has 1 aliphatic carbocycles. The van der Waals surface area contributed by atoms with Crippen LogP contribution < -0.4 is 4.74 Å². The van der Waals surface area contributed by atoms with E-state index in [4.69, 9.17) is 9.72 Å². The van der Waals surface area contributed by atoms with E-state index in [1.807, 2.05) is 49.6 Å². The lowest BCUT2D eigenvalue weighted by Crippen LogP contribution is -2.09. The number of carboxylic acid groups (broad SMARTS) is 1. The summed E-state index contributed by atoms with van der Waals surface area (Å²) in [5, 5.41) is 11.3. The quantitative estimate of drug-likeness (QED) is 0.263. The summed E-state index contributed by atoms with van der Waals surface area (Å²) in [7, 11) is 0. The molecule has 0 saturated heterocycles. The summed E-state index contributed by atoms with van der Waals surface area (Å²) < 4.78 is 20.8. The first-order valence-corrected chi connectivity index (χ1v) is 12.9. The fourth-order valence-corrected chi connectivity index (χ4v) is 5.44. The third-order valence-corrected chi connectivity index (χ3v) is 7.56. The lowest BCUT2D eigenvalue weighted by atomic mass is 9.91. The van der Waals surface area contributed by atoms with Gasteiger partial charge in [-0.05, 0) is 85.4 Å². The number of rotatable bonds is 9. The molecule has 184 valence electrons. The number of hydrogen-bond acceptors (Lipinski definition) is 5. The molecule has 0 radical (unpaired) electrons. The number of aromatic nitrogens is 2. The normalized spacial score (nSPS) is 14.0.